The molecular weight excluding hydrogens is 228 g/mol. The Hall–Kier alpha value is -2.34. The minimum absolute atomic E-state index is 0.0485. The fourth-order valence-electron chi connectivity index (χ4n) is 2.10. The van der Waals surface area contributed by atoms with Crippen LogP contribution in [0.15, 0.2) is 54.6 Å². The molecule has 86 valence electrons. The smallest absolute Gasteiger partial charge is 0.0359 e. The van der Waals surface area contributed by atoms with Crippen molar-refractivity contribution < 1.29 is 0 Å². The summed E-state index contributed by atoms with van der Waals surface area (Å²) in [6.07, 6.45) is 0. The molecule has 0 heterocycles. The van der Waals surface area contributed by atoms with Crippen LogP contribution in [0.1, 0.15) is 22.6 Å². The Morgan fingerprint density at radius 2 is 0.895 bits per heavy atom. The Morgan fingerprint density at radius 1 is 0.526 bits per heavy atom. The van der Waals surface area contributed by atoms with Crippen LogP contribution in [0.4, 0.5) is 0 Å². The van der Waals surface area contributed by atoms with Gasteiger partial charge >= 0.3 is 0 Å². The molecule has 6 radical (unpaired) electrons. The number of hydrogen-bond acceptors (Lipinski definition) is 0. The van der Waals surface area contributed by atoms with Crippen LogP contribution in [0.5, 0.6) is 0 Å². The third-order valence-corrected chi connectivity index (χ3v) is 2.94. The van der Waals surface area contributed by atoms with E-state index in [1.165, 1.54) is 0 Å². The van der Waals surface area contributed by atoms with E-state index in [-0.39, 0.29) is 5.92 Å². The Balaban J connectivity index is 2.12. The SMILES string of the molecule is [c]1cc[c]c(C(c2[c]cc[c]c2)c2[c]cc[c]c2)c1. The summed E-state index contributed by atoms with van der Waals surface area (Å²) in [4.78, 5) is 0. The van der Waals surface area contributed by atoms with Gasteiger partial charge in [0.05, 0.1) is 0 Å². The highest BCUT2D eigenvalue weighted by Crippen LogP contribution is 2.30. The molecule has 0 aliphatic heterocycles. The van der Waals surface area contributed by atoms with Gasteiger partial charge in [0.2, 0.25) is 0 Å². The molecule has 0 atom stereocenters. The van der Waals surface area contributed by atoms with Crippen molar-refractivity contribution in [3.8, 4) is 0 Å². The highest BCUT2D eigenvalue weighted by Gasteiger charge is 2.16. The van der Waals surface area contributed by atoms with E-state index in [0.717, 1.165) is 16.7 Å². The summed E-state index contributed by atoms with van der Waals surface area (Å²) in [5.74, 6) is 0.0485. The number of rotatable bonds is 3. The van der Waals surface area contributed by atoms with Crippen molar-refractivity contribution in [2.24, 2.45) is 0 Å². The zero-order valence-electron chi connectivity index (χ0n) is 10.3. The van der Waals surface area contributed by atoms with E-state index in [9.17, 15) is 0 Å². The molecule has 0 aliphatic rings. The molecule has 0 aromatic heterocycles. The van der Waals surface area contributed by atoms with Gasteiger partial charge in [-0.15, -0.1) is 0 Å². The van der Waals surface area contributed by atoms with E-state index in [2.05, 4.69) is 36.4 Å². The summed E-state index contributed by atoms with van der Waals surface area (Å²) in [7, 11) is 0. The minimum atomic E-state index is 0.0485. The molecule has 3 aromatic carbocycles. The molecule has 0 spiro atoms. The predicted molar refractivity (Wildman–Crippen MR) is 73.3 cm³/mol. The first kappa shape index (κ1) is 11.7. The second kappa shape index (κ2) is 5.53. The largest absolute Gasteiger partial charge is 0.0537 e. The minimum Gasteiger partial charge on any atom is -0.0537 e. The topological polar surface area (TPSA) is 0 Å². The Morgan fingerprint density at radius 3 is 1.16 bits per heavy atom. The Labute approximate surface area is 114 Å². The van der Waals surface area contributed by atoms with Crippen molar-refractivity contribution in [2.45, 2.75) is 5.92 Å². The second-order valence-electron chi connectivity index (χ2n) is 4.17. The molecule has 0 fully saturated rings. The summed E-state index contributed by atoms with van der Waals surface area (Å²) in [5.41, 5.74) is 3.15. The van der Waals surface area contributed by atoms with Crippen LogP contribution in [0.25, 0.3) is 0 Å². The second-order valence-corrected chi connectivity index (χ2v) is 4.17. The van der Waals surface area contributed by atoms with E-state index in [0.29, 0.717) is 0 Å². The first-order chi connectivity index (χ1) is 9.45. The first-order valence-electron chi connectivity index (χ1n) is 6.08. The van der Waals surface area contributed by atoms with Gasteiger partial charge in [-0.1, -0.05) is 36.4 Å². The van der Waals surface area contributed by atoms with Crippen LogP contribution in [0.3, 0.4) is 0 Å². The zero-order valence-corrected chi connectivity index (χ0v) is 10.3. The van der Waals surface area contributed by atoms with Gasteiger partial charge in [-0.25, -0.2) is 0 Å². The highest BCUT2D eigenvalue weighted by molar-refractivity contribution is 5.40. The van der Waals surface area contributed by atoms with E-state index in [1.807, 2.05) is 54.6 Å². The molecule has 3 aromatic rings. The molecule has 0 nitrogen and oxygen atoms in total. The molecule has 0 saturated heterocycles. The summed E-state index contributed by atoms with van der Waals surface area (Å²) in [6.45, 7) is 0. The van der Waals surface area contributed by atoms with Crippen molar-refractivity contribution >= 4 is 0 Å². The molecule has 0 unspecified atom stereocenters. The van der Waals surface area contributed by atoms with Crippen LogP contribution in [-0.2, 0) is 0 Å². The van der Waals surface area contributed by atoms with Crippen LogP contribution in [0, 0.1) is 36.4 Å². The molecule has 3 rings (SSSR count). The van der Waals surface area contributed by atoms with Gasteiger partial charge in [0.15, 0.2) is 0 Å². The molecule has 0 aliphatic carbocycles. The van der Waals surface area contributed by atoms with Crippen LogP contribution >= 0.6 is 0 Å². The van der Waals surface area contributed by atoms with Crippen molar-refractivity contribution in [3.05, 3.63) is 108 Å². The zero-order chi connectivity index (χ0) is 12.9. The molecular formula is C19H10. The fraction of sp³-hybridized carbons (Fsp3) is 0.0526. The molecule has 0 saturated carbocycles. The summed E-state index contributed by atoms with van der Waals surface area (Å²) >= 11 is 0. The third-order valence-electron chi connectivity index (χ3n) is 2.94. The lowest BCUT2D eigenvalue weighted by Crippen LogP contribution is -2.03. The average Bonchev–Trinajstić information content (AvgIpc) is 2.51. The van der Waals surface area contributed by atoms with E-state index in [1.54, 1.807) is 0 Å². The van der Waals surface area contributed by atoms with Gasteiger partial charge in [-0.2, -0.15) is 0 Å². The third kappa shape index (κ3) is 2.58. The maximum absolute atomic E-state index is 3.27. The van der Waals surface area contributed by atoms with Gasteiger partial charge in [-0.05, 0) is 71.3 Å². The standard InChI is InChI=1S/C19H10/c1-4-10-16(11-5-1)19(17-12-6-2-7-13-17)18-14-8-3-9-15-18/h1-4,6,8,11,13,15,19H. The number of hydrogen-bond donors (Lipinski definition) is 0. The first-order valence-corrected chi connectivity index (χ1v) is 6.08. The quantitative estimate of drug-likeness (QED) is 0.611. The van der Waals surface area contributed by atoms with E-state index < -0.39 is 0 Å². The lowest BCUT2D eigenvalue weighted by Gasteiger charge is -2.17. The molecule has 0 amide bonds. The monoisotopic (exact) mass is 238 g/mol. The average molecular weight is 238 g/mol. The fourth-order valence-corrected chi connectivity index (χ4v) is 2.10. The molecule has 0 N–H and O–H groups in total. The van der Waals surface area contributed by atoms with E-state index in [4.69, 9.17) is 0 Å². The van der Waals surface area contributed by atoms with Crippen molar-refractivity contribution in [3.63, 3.8) is 0 Å². The van der Waals surface area contributed by atoms with Crippen molar-refractivity contribution in [1.29, 1.82) is 0 Å². The Bertz CT molecular complexity index is 518. The molecule has 0 bridgehead atoms. The normalized spacial score (nSPS) is 10.6. The van der Waals surface area contributed by atoms with Gasteiger partial charge in [0.1, 0.15) is 0 Å². The maximum Gasteiger partial charge on any atom is 0.0359 e. The van der Waals surface area contributed by atoms with Gasteiger partial charge < -0.3 is 0 Å². The summed E-state index contributed by atoms with van der Waals surface area (Å²) in [5, 5.41) is 0. The lowest BCUT2D eigenvalue weighted by atomic mass is 9.85. The predicted octanol–water partition coefficient (Wildman–Crippen LogP) is 3.67. The molecule has 19 heavy (non-hydrogen) atoms. The van der Waals surface area contributed by atoms with Crippen molar-refractivity contribution in [2.75, 3.05) is 0 Å². The van der Waals surface area contributed by atoms with Crippen molar-refractivity contribution in [1.82, 2.24) is 0 Å². The highest BCUT2D eigenvalue weighted by atomic mass is 14.2. The van der Waals surface area contributed by atoms with Gasteiger partial charge in [0, 0.05) is 5.92 Å². The van der Waals surface area contributed by atoms with E-state index >= 15 is 0 Å². The van der Waals surface area contributed by atoms with Crippen LogP contribution in [0.2, 0.25) is 0 Å². The summed E-state index contributed by atoms with van der Waals surface area (Å²) in [6, 6.07) is 36.1. The number of benzene rings is 3. The van der Waals surface area contributed by atoms with Gasteiger partial charge in [-0.3, -0.25) is 0 Å². The van der Waals surface area contributed by atoms with Crippen LogP contribution < -0.4 is 0 Å². The van der Waals surface area contributed by atoms with Gasteiger partial charge in [0.25, 0.3) is 0 Å². The van der Waals surface area contributed by atoms with Crippen LogP contribution in [-0.4, -0.2) is 0 Å². The lowest BCUT2D eigenvalue weighted by molar-refractivity contribution is 0.969. The maximum atomic E-state index is 3.27. The summed E-state index contributed by atoms with van der Waals surface area (Å²) < 4.78 is 0. The molecule has 0 heteroatoms. The Kier molecular flexibility index (Phi) is 3.42.